The Balaban J connectivity index is 0.00000420. The number of halogens is 1. The van der Waals surface area contributed by atoms with Crippen molar-refractivity contribution in [3.63, 3.8) is 0 Å². The number of nitrogens with one attached hydrogen (secondary N) is 3. The molecule has 1 aromatic rings. The van der Waals surface area contributed by atoms with E-state index in [9.17, 15) is 9.59 Å². The van der Waals surface area contributed by atoms with Gasteiger partial charge in [0.05, 0.1) is 6.54 Å². The molecule has 0 bridgehead atoms. The molecule has 1 unspecified atom stereocenters. The highest BCUT2D eigenvalue weighted by Gasteiger charge is 2.25. The number of hydrogen-bond acceptors (Lipinski definition) is 3. The Morgan fingerprint density at radius 3 is 2.69 bits per heavy atom. The third kappa shape index (κ3) is 8.20. The summed E-state index contributed by atoms with van der Waals surface area (Å²) in [5.74, 6) is 0.882. The molecule has 1 aromatic carbocycles. The smallest absolute Gasteiger partial charge is 0.251 e. The molecule has 2 rings (SSSR count). The van der Waals surface area contributed by atoms with Crippen molar-refractivity contribution in [1.29, 1.82) is 0 Å². The van der Waals surface area contributed by atoms with Gasteiger partial charge in [0.15, 0.2) is 5.96 Å². The van der Waals surface area contributed by atoms with E-state index in [1.165, 1.54) is 0 Å². The fourth-order valence-corrected chi connectivity index (χ4v) is 3.16. The molecule has 1 atom stereocenters. The first-order valence-corrected chi connectivity index (χ1v) is 10.3. The van der Waals surface area contributed by atoms with Crippen LogP contribution in [0.25, 0.3) is 0 Å². The lowest BCUT2D eigenvalue weighted by atomic mass is 10.1. The van der Waals surface area contributed by atoms with Gasteiger partial charge < -0.3 is 20.9 Å². The summed E-state index contributed by atoms with van der Waals surface area (Å²) in [4.78, 5) is 30.5. The minimum atomic E-state index is -0.0515. The number of likely N-dealkylation sites (tertiary alicyclic amines) is 1. The third-order valence-electron chi connectivity index (χ3n) is 4.67. The molecular formula is C21H34IN5O2. The first-order valence-electron chi connectivity index (χ1n) is 10.3. The second-order valence-corrected chi connectivity index (χ2v) is 6.97. The second kappa shape index (κ2) is 13.4. The second-order valence-electron chi connectivity index (χ2n) is 6.97. The number of amides is 2. The Bertz CT molecular complexity index is 695. The van der Waals surface area contributed by atoms with Crippen LogP contribution >= 0.6 is 24.0 Å². The van der Waals surface area contributed by atoms with Crippen molar-refractivity contribution in [2.24, 2.45) is 4.99 Å². The van der Waals surface area contributed by atoms with Crippen molar-refractivity contribution < 1.29 is 9.59 Å². The van der Waals surface area contributed by atoms with Gasteiger partial charge in [-0.15, -0.1) is 24.0 Å². The van der Waals surface area contributed by atoms with Gasteiger partial charge in [0.25, 0.3) is 5.91 Å². The van der Waals surface area contributed by atoms with E-state index in [1.807, 2.05) is 49.9 Å². The minimum absolute atomic E-state index is 0. The van der Waals surface area contributed by atoms with Gasteiger partial charge in [-0.05, 0) is 37.5 Å². The fourth-order valence-electron chi connectivity index (χ4n) is 3.16. The largest absolute Gasteiger partial charge is 0.357 e. The van der Waals surface area contributed by atoms with Gasteiger partial charge in [-0.25, -0.2) is 4.99 Å². The summed E-state index contributed by atoms with van der Waals surface area (Å²) in [6.45, 7) is 9.37. The lowest BCUT2D eigenvalue weighted by Crippen LogP contribution is -2.45. The zero-order chi connectivity index (χ0) is 20.4. The van der Waals surface area contributed by atoms with Crippen LogP contribution in [0.1, 0.15) is 56.0 Å². The predicted octanol–water partition coefficient (Wildman–Crippen LogP) is 2.51. The van der Waals surface area contributed by atoms with Crippen LogP contribution < -0.4 is 16.0 Å². The zero-order valence-electron chi connectivity index (χ0n) is 17.7. The molecule has 0 aliphatic carbocycles. The topological polar surface area (TPSA) is 85.8 Å². The summed E-state index contributed by atoms with van der Waals surface area (Å²) >= 11 is 0. The molecule has 1 saturated heterocycles. The average Bonchev–Trinajstić information content (AvgIpc) is 3.18. The van der Waals surface area contributed by atoms with Crippen LogP contribution in [0.4, 0.5) is 0 Å². The molecule has 29 heavy (non-hydrogen) atoms. The van der Waals surface area contributed by atoms with E-state index in [2.05, 4.69) is 20.9 Å². The SMILES string of the molecule is CCCNC(=O)c1cccc(CN=C(NCC)NC2CCN(C(=O)CC)C2)c1.I. The summed E-state index contributed by atoms with van der Waals surface area (Å²) in [5.41, 5.74) is 1.64. The number of benzene rings is 1. The minimum Gasteiger partial charge on any atom is -0.357 e. The first kappa shape index (κ1) is 25.2. The van der Waals surface area contributed by atoms with Crippen LogP contribution in [0.2, 0.25) is 0 Å². The molecule has 3 N–H and O–H groups in total. The number of aliphatic imine (C=N–C) groups is 1. The van der Waals surface area contributed by atoms with Gasteiger partial charge in [-0.1, -0.05) is 26.0 Å². The van der Waals surface area contributed by atoms with E-state index in [4.69, 9.17) is 0 Å². The van der Waals surface area contributed by atoms with Crippen molar-refractivity contribution in [2.75, 3.05) is 26.2 Å². The molecular weight excluding hydrogens is 481 g/mol. The predicted molar refractivity (Wildman–Crippen MR) is 128 cm³/mol. The van der Waals surface area contributed by atoms with E-state index >= 15 is 0 Å². The molecule has 1 aliphatic rings. The average molecular weight is 515 g/mol. The Morgan fingerprint density at radius 2 is 2.00 bits per heavy atom. The van der Waals surface area contributed by atoms with Crippen LogP contribution in [0.5, 0.6) is 0 Å². The maximum atomic E-state index is 12.1. The van der Waals surface area contributed by atoms with Crippen LogP contribution in [0.15, 0.2) is 29.3 Å². The number of carbonyl (C=O) groups is 2. The van der Waals surface area contributed by atoms with Gasteiger partial charge in [-0.3, -0.25) is 9.59 Å². The molecule has 8 heteroatoms. The van der Waals surface area contributed by atoms with Crippen molar-refractivity contribution in [3.05, 3.63) is 35.4 Å². The Kier molecular flexibility index (Phi) is 11.6. The van der Waals surface area contributed by atoms with Crippen molar-refractivity contribution in [1.82, 2.24) is 20.9 Å². The Hall–Kier alpha value is -1.84. The molecule has 0 radical (unpaired) electrons. The van der Waals surface area contributed by atoms with E-state index in [0.29, 0.717) is 31.6 Å². The molecule has 0 spiro atoms. The summed E-state index contributed by atoms with van der Waals surface area (Å²) in [5, 5.41) is 9.58. The standard InChI is InChI=1S/C21H33N5O2.HI/c1-4-11-23-20(28)17-9-7-8-16(13-17)14-24-21(22-6-3)25-18-10-12-26(15-18)19(27)5-2;/h7-9,13,18H,4-6,10-12,14-15H2,1-3H3,(H,23,28)(H2,22,24,25);1H. The molecule has 0 saturated carbocycles. The molecule has 1 heterocycles. The fraction of sp³-hybridized carbons (Fsp3) is 0.571. The van der Waals surface area contributed by atoms with Crippen LogP contribution in [-0.4, -0.2) is 54.9 Å². The quantitative estimate of drug-likeness (QED) is 0.282. The number of guanidine groups is 1. The van der Waals surface area contributed by atoms with Crippen molar-refractivity contribution in [3.8, 4) is 0 Å². The zero-order valence-corrected chi connectivity index (χ0v) is 20.0. The van der Waals surface area contributed by atoms with Crippen LogP contribution in [0.3, 0.4) is 0 Å². The maximum Gasteiger partial charge on any atom is 0.251 e. The molecule has 162 valence electrons. The monoisotopic (exact) mass is 515 g/mol. The van der Waals surface area contributed by atoms with Gasteiger partial charge in [0, 0.05) is 44.2 Å². The summed E-state index contributed by atoms with van der Waals surface area (Å²) in [6, 6.07) is 7.77. The molecule has 2 amide bonds. The molecule has 1 aliphatic heterocycles. The normalized spacial score (nSPS) is 16.2. The Labute approximate surface area is 191 Å². The Morgan fingerprint density at radius 1 is 1.21 bits per heavy atom. The number of hydrogen-bond donors (Lipinski definition) is 3. The van der Waals surface area contributed by atoms with Crippen LogP contribution in [0, 0.1) is 0 Å². The lowest BCUT2D eigenvalue weighted by Gasteiger charge is -2.18. The molecule has 0 aromatic heterocycles. The molecule has 1 fully saturated rings. The maximum absolute atomic E-state index is 12.1. The number of nitrogens with zero attached hydrogens (tertiary/aromatic N) is 2. The number of rotatable bonds is 8. The van der Waals surface area contributed by atoms with Gasteiger partial charge in [0.2, 0.25) is 5.91 Å². The van der Waals surface area contributed by atoms with Crippen molar-refractivity contribution >= 4 is 41.8 Å². The summed E-state index contributed by atoms with van der Waals surface area (Å²) in [6.07, 6.45) is 2.38. The highest BCUT2D eigenvalue weighted by atomic mass is 127. The highest BCUT2D eigenvalue weighted by molar-refractivity contribution is 14.0. The van der Waals surface area contributed by atoms with Crippen LogP contribution in [-0.2, 0) is 11.3 Å². The summed E-state index contributed by atoms with van der Waals surface area (Å²) < 4.78 is 0. The van der Waals surface area contributed by atoms with E-state index < -0.39 is 0 Å². The van der Waals surface area contributed by atoms with E-state index in [0.717, 1.165) is 37.5 Å². The van der Waals surface area contributed by atoms with E-state index in [-0.39, 0.29) is 41.8 Å². The summed E-state index contributed by atoms with van der Waals surface area (Å²) in [7, 11) is 0. The van der Waals surface area contributed by atoms with Crippen molar-refractivity contribution in [2.45, 2.75) is 52.6 Å². The molecule has 7 nitrogen and oxygen atoms in total. The van der Waals surface area contributed by atoms with Gasteiger partial charge in [0.1, 0.15) is 0 Å². The highest BCUT2D eigenvalue weighted by Crippen LogP contribution is 2.11. The lowest BCUT2D eigenvalue weighted by molar-refractivity contribution is -0.129. The third-order valence-corrected chi connectivity index (χ3v) is 4.67. The first-order chi connectivity index (χ1) is 13.6. The number of carbonyl (C=O) groups excluding carboxylic acids is 2. The van der Waals surface area contributed by atoms with Gasteiger partial charge in [-0.2, -0.15) is 0 Å². The van der Waals surface area contributed by atoms with Gasteiger partial charge >= 0.3 is 0 Å². The van der Waals surface area contributed by atoms with E-state index in [1.54, 1.807) is 0 Å².